The Bertz CT molecular complexity index is 655. The molecule has 1 atom stereocenters. The molecule has 21 heavy (non-hydrogen) atoms. The zero-order chi connectivity index (χ0) is 15.6. The predicted octanol–water partition coefficient (Wildman–Crippen LogP) is 2.36. The van der Waals surface area contributed by atoms with Crippen LogP contribution in [0.2, 0.25) is 0 Å². The van der Waals surface area contributed by atoms with E-state index in [1.165, 1.54) is 0 Å². The summed E-state index contributed by atoms with van der Waals surface area (Å²) in [6.07, 6.45) is 2.48. The van der Waals surface area contributed by atoms with Crippen LogP contribution in [0.3, 0.4) is 0 Å². The number of aryl methyl sites for hydroxylation is 3. The number of hydrogen-bond donors (Lipinski definition) is 1. The number of nitrogens with two attached hydrogens (primary N) is 1. The van der Waals surface area contributed by atoms with E-state index in [-0.39, 0.29) is 6.04 Å². The Morgan fingerprint density at radius 3 is 2.57 bits per heavy atom. The zero-order valence-corrected chi connectivity index (χ0v) is 13.3. The number of nitrogens with zero attached hydrogens (tertiary/aromatic N) is 3. The second-order valence-corrected chi connectivity index (χ2v) is 5.38. The molecule has 2 rings (SSSR count). The molecule has 0 aliphatic heterocycles. The molecule has 112 valence electrons. The van der Waals surface area contributed by atoms with Gasteiger partial charge in [0.15, 0.2) is 0 Å². The van der Waals surface area contributed by atoms with E-state index in [9.17, 15) is 0 Å². The van der Waals surface area contributed by atoms with Gasteiger partial charge in [-0.2, -0.15) is 10.2 Å². The summed E-state index contributed by atoms with van der Waals surface area (Å²) in [5.41, 5.74) is 12.1. The first-order valence-electron chi connectivity index (χ1n) is 6.99. The number of hydrogen-bond acceptors (Lipinski definition) is 5. The molecule has 5 nitrogen and oxygen atoms in total. The predicted molar refractivity (Wildman–Crippen MR) is 82.4 cm³/mol. The third-order valence-electron chi connectivity index (χ3n) is 3.70. The summed E-state index contributed by atoms with van der Waals surface area (Å²) in [6.45, 7) is 7.85. The highest BCUT2D eigenvalue weighted by molar-refractivity contribution is 5.41. The van der Waals surface area contributed by atoms with Gasteiger partial charge in [0.1, 0.15) is 5.75 Å². The molecule has 0 saturated carbocycles. The minimum atomic E-state index is -0.155. The van der Waals surface area contributed by atoms with Gasteiger partial charge in [-0.15, -0.1) is 0 Å². The van der Waals surface area contributed by atoms with Crippen molar-refractivity contribution in [3.05, 3.63) is 46.0 Å². The lowest BCUT2D eigenvalue weighted by atomic mass is 9.98. The Labute approximate surface area is 125 Å². The van der Waals surface area contributed by atoms with Crippen molar-refractivity contribution in [2.24, 2.45) is 5.73 Å². The molecule has 5 heteroatoms. The van der Waals surface area contributed by atoms with Gasteiger partial charge in [0.05, 0.1) is 18.5 Å². The van der Waals surface area contributed by atoms with Crippen LogP contribution in [0, 0.1) is 27.7 Å². The highest BCUT2D eigenvalue weighted by Gasteiger charge is 2.16. The van der Waals surface area contributed by atoms with Gasteiger partial charge >= 0.3 is 0 Å². The van der Waals surface area contributed by atoms with E-state index in [1.54, 1.807) is 7.11 Å². The number of pyridine rings is 1. The first-order chi connectivity index (χ1) is 9.93. The SMILES string of the molecule is COc1c(C)cnc(CC(N)c2cc(C)nnc2C)c1C. The summed E-state index contributed by atoms with van der Waals surface area (Å²) >= 11 is 0. The summed E-state index contributed by atoms with van der Waals surface area (Å²) in [4.78, 5) is 4.51. The standard InChI is InChI=1S/C16H22N4O/c1-9-8-18-15(11(3)16(9)21-5)7-14(17)13-6-10(2)19-20-12(13)4/h6,8,14H,7,17H2,1-5H3. The number of rotatable bonds is 4. The number of ether oxygens (including phenoxy) is 1. The van der Waals surface area contributed by atoms with E-state index in [2.05, 4.69) is 15.2 Å². The van der Waals surface area contributed by atoms with Crippen LogP contribution in [-0.4, -0.2) is 22.3 Å². The van der Waals surface area contributed by atoms with Gasteiger partial charge in [0.25, 0.3) is 0 Å². The molecule has 2 aromatic rings. The van der Waals surface area contributed by atoms with Crippen LogP contribution in [-0.2, 0) is 6.42 Å². The smallest absolute Gasteiger partial charge is 0.128 e. The van der Waals surface area contributed by atoms with Gasteiger partial charge in [-0.1, -0.05) is 0 Å². The molecule has 2 N–H and O–H groups in total. The second-order valence-electron chi connectivity index (χ2n) is 5.38. The molecule has 2 aromatic heterocycles. The maximum Gasteiger partial charge on any atom is 0.128 e. The Kier molecular flexibility index (Phi) is 4.53. The van der Waals surface area contributed by atoms with Gasteiger partial charge in [-0.3, -0.25) is 4.98 Å². The van der Waals surface area contributed by atoms with Gasteiger partial charge < -0.3 is 10.5 Å². The van der Waals surface area contributed by atoms with Crippen molar-refractivity contribution in [3.8, 4) is 5.75 Å². The quantitative estimate of drug-likeness (QED) is 0.934. The van der Waals surface area contributed by atoms with Crippen molar-refractivity contribution in [2.45, 2.75) is 40.2 Å². The van der Waals surface area contributed by atoms with Crippen molar-refractivity contribution >= 4 is 0 Å². The van der Waals surface area contributed by atoms with E-state index in [0.717, 1.165) is 39.5 Å². The molecule has 0 aliphatic carbocycles. The molecule has 0 bridgehead atoms. The number of aromatic nitrogens is 3. The van der Waals surface area contributed by atoms with E-state index in [4.69, 9.17) is 10.5 Å². The molecule has 0 amide bonds. The Morgan fingerprint density at radius 2 is 1.90 bits per heavy atom. The summed E-state index contributed by atoms with van der Waals surface area (Å²) in [5.74, 6) is 0.882. The lowest BCUT2D eigenvalue weighted by Crippen LogP contribution is -2.17. The average molecular weight is 286 g/mol. The third kappa shape index (κ3) is 3.19. The van der Waals surface area contributed by atoms with Crippen molar-refractivity contribution in [1.82, 2.24) is 15.2 Å². The Morgan fingerprint density at radius 1 is 1.19 bits per heavy atom. The molecule has 0 radical (unpaired) electrons. The van der Waals surface area contributed by atoms with Crippen molar-refractivity contribution < 1.29 is 4.74 Å². The van der Waals surface area contributed by atoms with Crippen molar-refractivity contribution in [2.75, 3.05) is 7.11 Å². The molecular weight excluding hydrogens is 264 g/mol. The van der Waals surface area contributed by atoms with Crippen LogP contribution in [0.15, 0.2) is 12.3 Å². The van der Waals surface area contributed by atoms with Gasteiger partial charge in [-0.05, 0) is 39.3 Å². The molecule has 0 fully saturated rings. The lowest BCUT2D eigenvalue weighted by molar-refractivity contribution is 0.406. The molecule has 1 unspecified atom stereocenters. The van der Waals surface area contributed by atoms with E-state index in [0.29, 0.717) is 6.42 Å². The van der Waals surface area contributed by atoms with Gasteiger partial charge in [0, 0.05) is 35.5 Å². The molecule has 0 aromatic carbocycles. The first kappa shape index (κ1) is 15.4. The molecule has 0 saturated heterocycles. The van der Waals surface area contributed by atoms with Crippen LogP contribution in [0.4, 0.5) is 0 Å². The van der Waals surface area contributed by atoms with Gasteiger partial charge in [-0.25, -0.2) is 0 Å². The van der Waals surface area contributed by atoms with Crippen molar-refractivity contribution in [3.63, 3.8) is 0 Å². The van der Waals surface area contributed by atoms with E-state index < -0.39 is 0 Å². The zero-order valence-electron chi connectivity index (χ0n) is 13.3. The fourth-order valence-electron chi connectivity index (χ4n) is 2.54. The van der Waals surface area contributed by atoms with Crippen LogP contribution in [0.1, 0.15) is 39.8 Å². The topological polar surface area (TPSA) is 73.9 Å². The van der Waals surface area contributed by atoms with Crippen LogP contribution >= 0.6 is 0 Å². The Balaban J connectivity index is 2.32. The normalized spacial score (nSPS) is 12.3. The summed E-state index contributed by atoms with van der Waals surface area (Å²) < 4.78 is 5.44. The van der Waals surface area contributed by atoms with Crippen LogP contribution < -0.4 is 10.5 Å². The van der Waals surface area contributed by atoms with Gasteiger partial charge in [0.2, 0.25) is 0 Å². The summed E-state index contributed by atoms with van der Waals surface area (Å²) in [7, 11) is 1.68. The number of methoxy groups -OCH3 is 1. The first-order valence-corrected chi connectivity index (χ1v) is 6.99. The Hall–Kier alpha value is -2.01. The maximum absolute atomic E-state index is 6.35. The summed E-state index contributed by atoms with van der Waals surface area (Å²) in [6, 6.07) is 1.84. The highest BCUT2D eigenvalue weighted by Crippen LogP contribution is 2.27. The lowest BCUT2D eigenvalue weighted by Gasteiger charge is -2.17. The molecular formula is C16H22N4O. The molecule has 0 spiro atoms. The minimum absolute atomic E-state index is 0.155. The third-order valence-corrected chi connectivity index (χ3v) is 3.70. The minimum Gasteiger partial charge on any atom is -0.496 e. The summed E-state index contributed by atoms with van der Waals surface area (Å²) in [5, 5.41) is 8.18. The fraction of sp³-hybridized carbons (Fsp3) is 0.438. The second kappa shape index (κ2) is 6.18. The molecule has 2 heterocycles. The van der Waals surface area contributed by atoms with E-state index >= 15 is 0 Å². The molecule has 0 aliphatic rings. The highest BCUT2D eigenvalue weighted by atomic mass is 16.5. The van der Waals surface area contributed by atoms with Crippen LogP contribution in [0.25, 0.3) is 0 Å². The van der Waals surface area contributed by atoms with Crippen molar-refractivity contribution in [1.29, 1.82) is 0 Å². The maximum atomic E-state index is 6.35. The average Bonchev–Trinajstić information content (AvgIpc) is 2.45. The largest absolute Gasteiger partial charge is 0.496 e. The fourth-order valence-corrected chi connectivity index (χ4v) is 2.54. The van der Waals surface area contributed by atoms with E-state index in [1.807, 2.05) is 40.0 Å². The monoisotopic (exact) mass is 286 g/mol. The van der Waals surface area contributed by atoms with Crippen LogP contribution in [0.5, 0.6) is 5.75 Å².